The minimum Gasteiger partial charge on any atom is -0.457 e. The molecule has 6 N–H and O–H groups in total. The molecule has 1 saturated carbocycles. The molecule has 0 heterocycles. The zero-order valence-corrected chi connectivity index (χ0v) is 46.8. The molecule has 13 heteroatoms. The fourth-order valence-corrected chi connectivity index (χ4v) is 9.75. The highest BCUT2D eigenvalue weighted by Gasteiger charge is 2.51. The zero-order valence-electron chi connectivity index (χ0n) is 45.9. The van der Waals surface area contributed by atoms with Gasteiger partial charge in [-0.2, -0.15) is 0 Å². The Morgan fingerprint density at radius 1 is 0.452 bits per heavy atom. The van der Waals surface area contributed by atoms with Crippen LogP contribution in [0.5, 0.6) is 0 Å². The Morgan fingerprint density at radius 3 is 1.23 bits per heavy atom. The Hall–Kier alpha value is -2.22. The number of phosphoric ester groups is 1. The molecule has 0 saturated heterocycles. The van der Waals surface area contributed by atoms with Crippen LogP contribution in [0, 0.1) is 0 Å². The monoisotopic (exact) mass is 1050 g/mol. The van der Waals surface area contributed by atoms with Crippen LogP contribution >= 0.6 is 7.82 Å². The van der Waals surface area contributed by atoms with Crippen LogP contribution in [0.1, 0.15) is 239 Å². The van der Waals surface area contributed by atoms with Gasteiger partial charge in [-0.3, -0.25) is 13.8 Å². The molecule has 0 aromatic carbocycles. The van der Waals surface area contributed by atoms with Gasteiger partial charge in [-0.15, -0.1) is 0 Å². The molecule has 0 aromatic heterocycles. The lowest BCUT2D eigenvalue weighted by Crippen LogP contribution is -2.64. The van der Waals surface area contributed by atoms with Gasteiger partial charge in [-0.1, -0.05) is 241 Å². The quantitative estimate of drug-likeness (QED) is 0.0146. The predicted molar refractivity (Wildman–Crippen MR) is 299 cm³/mol. The van der Waals surface area contributed by atoms with Crippen molar-refractivity contribution in [3.63, 3.8) is 0 Å². The van der Waals surface area contributed by atoms with E-state index >= 15 is 0 Å². The lowest BCUT2D eigenvalue weighted by atomic mass is 9.85. The van der Waals surface area contributed by atoms with Crippen LogP contribution in [0.15, 0.2) is 72.9 Å². The number of aliphatic hydroxyl groups is 5. The van der Waals surface area contributed by atoms with E-state index < -0.39 is 63.1 Å². The van der Waals surface area contributed by atoms with Crippen LogP contribution in [0.3, 0.4) is 0 Å². The van der Waals surface area contributed by atoms with Gasteiger partial charge in [0.2, 0.25) is 0 Å². The number of allylic oxidation sites excluding steroid dienone is 12. The predicted octanol–water partition coefficient (Wildman–Crippen LogP) is 14.3. The maximum atomic E-state index is 12.9. The molecule has 0 aliphatic heterocycles. The summed E-state index contributed by atoms with van der Waals surface area (Å²) in [6, 6.07) is 0. The molecule has 6 unspecified atom stereocenters. The number of carbonyl (C=O) groups is 1. The first-order chi connectivity index (χ1) is 35.5. The maximum Gasteiger partial charge on any atom is 0.472 e. The summed E-state index contributed by atoms with van der Waals surface area (Å²) in [5.74, 6) is -0.482. The summed E-state index contributed by atoms with van der Waals surface area (Å²) in [6.45, 7) is 4.14. The zero-order chi connectivity index (χ0) is 53.3. The van der Waals surface area contributed by atoms with Crippen LogP contribution in [-0.2, 0) is 27.9 Å². The van der Waals surface area contributed by atoms with Gasteiger partial charge in [0.25, 0.3) is 0 Å². The number of phosphoric acid groups is 1. The summed E-state index contributed by atoms with van der Waals surface area (Å²) in [5, 5.41) is 50.5. The average Bonchev–Trinajstić information content (AvgIpc) is 3.38. The maximum absolute atomic E-state index is 12.9. The smallest absolute Gasteiger partial charge is 0.457 e. The number of ether oxygens (including phenoxy) is 2. The Morgan fingerprint density at radius 2 is 0.808 bits per heavy atom. The molecule has 424 valence electrons. The largest absolute Gasteiger partial charge is 0.472 e. The van der Waals surface area contributed by atoms with Crippen molar-refractivity contribution in [3.8, 4) is 0 Å². The van der Waals surface area contributed by atoms with E-state index in [9.17, 15) is 39.8 Å². The molecule has 0 spiro atoms. The molecule has 0 aromatic rings. The molecule has 1 aliphatic carbocycles. The van der Waals surface area contributed by atoms with Gasteiger partial charge in [0.05, 0.1) is 13.2 Å². The Labute approximate surface area is 444 Å². The van der Waals surface area contributed by atoms with E-state index in [2.05, 4.69) is 86.8 Å². The van der Waals surface area contributed by atoms with Gasteiger partial charge in [0.1, 0.15) is 42.7 Å². The van der Waals surface area contributed by atoms with E-state index in [0.717, 1.165) is 96.3 Å². The number of rotatable bonds is 50. The fourth-order valence-electron chi connectivity index (χ4n) is 8.77. The molecule has 73 heavy (non-hydrogen) atoms. The highest BCUT2D eigenvalue weighted by Crippen LogP contribution is 2.47. The third-order valence-electron chi connectivity index (χ3n) is 13.3. The van der Waals surface area contributed by atoms with Gasteiger partial charge in [-0.25, -0.2) is 4.57 Å². The van der Waals surface area contributed by atoms with Crippen LogP contribution in [-0.4, -0.2) is 98.9 Å². The summed E-state index contributed by atoms with van der Waals surface area (Å²) in [6.07, 6.45) is 54.0. The number of esters is 1. The van der Waals surface area contributed by atoms with Crippen molar-refractivity contribution in [1.29, 1.82) is 0 Å². The van der Waals surface area contributed by atoms with E-state index in [1.54, 1.807) is 0 Å². The summed E-state index contributed by atoms with van der Waals surface area (Å²) in [4.78, 5) is 23.3. The molecule has 1 fully saturated rings. The van der Waals surface area contributed by atoms with Gasteiger partial charge in [0.15, 0.2) is 0 Å². The molecule has 1 rings (SSSR count). The van der Waals surface area contributed by atoms with E-state index in [4.69, 9.17) is 18.5 Å². The molecule has 1 aliphatic rings. The van der Waals surface area contributed by atoms with Gasteiger partial charge < -0.3 is 39.9 Å². The topological polar surface area (TPSA) is 192 Å². The molecule has 12 nitrogen and oxygen atoms in total. The van der Waals surface area contributed by atoms with Crippen molar-refractivity contribution < 1.29 is 58.3 Å². The van der Waals surface area contributed by atoms with Crippen molar-refractivity contribution in [1.82, 2.24) is 0 Å². The number of unbranched alkanes of at least 4 members (excludes halogenated alkanes) is 26. The molecule has 0 bridgehead atoms. The number of hydrogen-bond donors (Lipinski definition) is 6. The van der Waals surface area contributed by atoms with Crippen molar-refractivity contribution in [2.45, 2.75) is 281 Å². The second-order valence-electron chi connectivity index (χ2n) is 20.1. The van der Waals surface area contributed by atoms with E-state index in [1.165, 1.54) is 116 Å². The SMILES string of the molecule is CC/C=C\C/C=C\C/C=C\C/C=C\C/C=C\C/C=C\CCCCCCCOCC(COP(=O)(O)OC1C(O)C(O)C(O)C(O)C1O)OC(=O)CCCCCCCCCCCCCCCCCCCCCCCC. The Kier molecular flexibility index (Phi) is 46.5. The normalized spacial score (nSPS) is 21.0. The fraction of sp³-hybridized carbons (Fsp3) is 0.783. The van der Waals surface area contributed by atoms with Gasteiger partial charge in [-0.05, 0) is 64.2 Å². The number of hydrogen-bond acceptors (Lipinski definition) is 11. The summed E-state index contributed by atoms with van der Waals surface area (Å²) >= 11 is 0. The molecule has 6 atom stereocenters. The first kappa shape index (κ1) is 68.8. The molecule has 0 amide bonds. The van der Waals surface area contributed by atoms with E-state index in [1.807, 2.05) is 0 Å². The average molecular weight is 1050 g/mol. The third kappa shape index (κ3) is 40.7. The molecular formula is C60H107O12P. The van der Waals surface area contributed by atoms with Crippen molar-refractivity contribution >= 4 is 13.8 Å². The van der Waals surface area contributed by atoms with Gasteiger partial charge in [0, 0.05) is 13.0 Å². The first-order valence-corrected chi connectivity index (χ1v) is 30.8. The summed E-state index contributed by atoms with van der Waals surface area (Å²) in [7, 11) is -5.04. The lowest BCUT2D eigenvalue weighted by molar-refractivity contribution is -0.220. The molecular weight excluding hydrogens is 944 g/mol. The van der Waals surface area contributed by atoms with Crippen molar-refractivity contribution in [2.24, 2.45) is 0 Å². The second kappa shape index (κ2) is 49.4. The number of carbonyl (C=O) groups excluding carboxylic acids is 1. The van der Waals surface area contributed by atoms with E-state index in [-0.39, 0.29) is 13.0 Å². The van der Waals surface area contributed by atoms with Crippen LogP contribution in [0.4, 0.5) is 0 Å². The second-order valence-corrected chi connectivity index (χ2v) is 21.5. The van der Waals surface area contributed by atoms with Crippen molar-refractivity contribution in [2.75, 3.05) is 19.8 Å². The standard InChI is InChI=1S/C60H107O12P/c1-3-5-7-9-11-13-15-17-19-21-23-25-27-28-30-32-34-36-38-40-42-44-46-48-50-69-51-53(52-70-73(67,68)72-60-58(65)56(63)55(62)57(64)59(60)66)71-54(61)49-47-45-43-41-39-37-35-33-31-29-26-24-22-20-18-16-14-12-10-8-6-4-2/h5,7,11,13,17,19,23,25,28,30,34,36,53,55-60,62-66H,3-4,6,8-10,12,14-16,18,20-22,24,26-27,29,31-33,35,37-52H2,1-2H3,(H,67,68)/b7-5-,13-11-,19-17-,25-23-,30-28-,36-34-. The van der Waals surface area contributed by atoms with Crippen LogP contribution < -0.4 is 0 Å². The highest BCUT2D eigenvalue weighted by molar-refractivity contribution is 7.47. The number of aliphatic hydroxyl groups excluding tert-OH is 5. The first-order valence-electron chi connectivity index (χ1n) is 29.3. The minimum atomic E-state index is -5.04. The van der Waals surface area contributed by atoms with Gasteiger partial charge >= 0.3 is 13.8 Å². The van der Waals surface area contributed by atoms with Crippen molar-refractivity contribution in [3.05, 3.63) is 72.9 Å². The Bertz CT molecular complexity index is 1480. The Balaban J connectivity index is 2.30. The lowest BCUT2D eigenvalue weighted by Gasteiger charge is -2.41. The molecule has 0 radical (unpaired) electrons. The minimum absolute atomic E-state index is 0.0912. The van der Waals surface area contributed by atoms with E-state index in [0.29, 0.717) is 13.0 Å². The van der Waals surface area contributed by atoms with Crippen LogP contribution in [0.25, 0.3) is 0 Å². The third-order valence-corrected chi connectivity index (χ3v) is 14.3. The summed E-state index contributed by atoms with van der Waals surface area (Å²) < 4.78 is 34.4. The highest BCUT2D eigenvalue weighted by atomic mass is 31.2. The van der Waals surface area contributed by atoms with Crippen LogP contribution in [0.2, 0.25) is 0 Å². The summed E-state index contributed by atoms with van der Waals surface area (Å²) in [5.41, 5.74) is 0.